The first kappa shape index (κ1) is 15.6. The van der Waals surface area contributed by atoms with E-state index in [0.29, 0.717) is 10.9 Å². The molecule has 0 fully saturated rings. The highest BCUT2D eigenvalue weighted by Crippen LogP contribution is 2.27. The lowest BCUT2D eigenvalue weighted by molar-refractivity contribution is -0.106. The fourth-order valence-electron chi connectivity index (χ4n) is 2.22. The van der Waals surface area contributed by atoms with E-state index in [1.807, 2.05) is 13.8 Å². The third kappa shape index (κ3) is 3.31. The third-order valence-corrected chi connectivity index (χ3v) is 4.23. The van der Waals surface area contributed by atoms with Crippen molar-refractivity contribution in [2.75, 3.05) is 7.11 Å². The van der Waals surface area contributed by atoms with Crippen LogP contribution in [0.15, 0.2) is 22.7 Å². The lowest BCUT2D eigenvalue weighted by Gasteiger charge is -2.35. The maximum Gasteiger partial charge on any atom is 0.137 e. The van der Waals surface area contributed by atoms with Gasteiger partial charge in [0.05, 0.1) is 16.2 Å². The lowest BCUT2D eigenvalue weighted by Crippen LogP contribution is -2.44. The number of hydrogen-bond donors (Lipinski definition) is 1. The summed E-state index contributed by atoms with van der Waals surface area (Å²) in [6.07, 6.45) is 1.33. The molecule has 0 spiro atoms. The van der Waals surface area contributed by atoms with Gasteiger partial charge in [-0.3, -0.25) is 0 Å². The van der Waals surface area contributed by atoms with Gasteiger partial charge in [-0.05, 0) is 46.5 Å². The first-order valence-electron chi connectivity index (χ1n) is 6.16. The van der Waals surface area contributed by atoms with E-state index in [9.17, 15) is 9.50 Å². The van der Waals surface area contributed by atoms with E-state index in [0.717, 1.165) is 18.4 Å². The van der Waals surface area contributed by atoms with Gasteiger partial charge in [-0.25, -0.2) is 4.39 Å². The topological polar surface area (TPSA) is 29.5 Å². The normalized spacial score (nSPS) is 13.7. The molecule has 1 unspecified atom stereocenters. The zero-order valence-electron chi connectivity index (χ0n) is 11.0. The summed E-state index contributed by atoms with van der Waals surface area (Å²) in [5.41, 5.74) is 0.361. The molecule has 102 valence electrons. The van der Waals surface area contributed by atoms with Crippen LogP contribution in [0, 0.1) is 5.82 Å². The van der Waals surface area contributed by atoms with Crippen molar-refractivity contribution < 1.29 is 14.2 Å². The molecule has 4 heteroatoms. The highest BCUT2D eigenvalue weighted by atomic mass is 79.9. The van der Waals surface area contributed by atoms with Crippen LogP contribution >= 0.6 is 15.9 Å². The minimum Gasteiger partial charge on any atom is -0.390 e. The quantitative estimate of drug-likeness (QED) is 0.866. The van der Waals surface area contributed by atoms with Crippen LogP contribution in [-0.4, -0.2) is 23.9 Å². The maximum absolute atomic E-state index is 13.1. The second-order valence-corrected chi connectivity index (χ2v) is 5.30. The standard InChI is InChI=1S/C14H20BrFO2/c1-4-14(5-2,18-3)13(17)9-10-6-7-12(16)11(15)8-10/h6-8,13,17H,4-5,9H2,1-3H3. The molecular formula is C14H20BrFO2. The summed E-state index contributed by atoms with van der Waals surface area (Å²) in [5.74, 6) is -0.294. The highest BCUT2D eigenvalue weighted by molar-refractivity contribution is 9.10. The maximum atomic E-state index is 13.1. The van der Waals surface area contributed by atoms with E-state index in [1.165, 1.54) is 6.07 Å². The van der Waals surface area contributed by atoms with Gasteiger partial charge in [0.1, 0.15) is 5.82 Å². The van der Waals surface area contributed by atoms with Gasteiger partial charge in [0.2, 0.25) is 0 Å². The van der Waals surface area contributed by atoms with Gasteiger partial charge in [0.25, 0.3) is 0 Å². The number of rotatable bonds is 6. The third-order valence-electron chi connectivity index (χ3n) is 3.62. The Hall–Kier alpha value is -0.450. The fraction of sp³-hybridized carbons (Fsp3) is 0.571. The molecule has 0 bridgehead atoms. The summed E-state index contributed by atoms with van der Waals surface area (Å²) in [5, 5.41) is 10.3. The summed E-state index contributed by atoms with van der Waals surface area (Å²) in [7, 11) is 1.62. The van der Waals surface area contributed by atoms with Crippen LogP contribution in [0.3, 0.4) is 0 Å². The molecule has 0 aliphatic heterocycles. The van der Waals surface area contributed by atoms with Crippen LogP contribution in [-0.2, 0) is 11.2 Å². The number of aliphatic hydroxyl groups excluding tert-OH is 1. The molecule has 18 heavy (non-hydrogen) atoms. The summed E-state index contributed by atoms with van der Waals surface area (Å²) in [6, 6.07) is 4.79. The SMILES string of the molecule is CCC(CC)(OC)C(O)Cc1ccc(F)c(Br)c1. The minimum absolute atomic E-state index is 0.294. The van der Waals surface area contributed by atoms with Gasteiger partial charge in [0, 0.05) is 13.5 Å². The van der Waals surface area contributed by atoms with E-state index in [1.54, 1.807) is 19.2 Å². The Labute approximate surface area is 116 Å². The van der Waals surface area contributed by atoms with Gasteiger partial charge in [0.15, 0.2) is 0 Å². The van der Waals surface area contributed by atoms with Crippen LogP contribution in [0.1, 0.15) is 32.3 Å². The predicted molar refractivity (Wildman–Crippen MR) is 74.1 cm³/mol. The number of hydrogen-bond acceptors (Lipinski definition) is 2. The van der Waals surface area contributed by atoms with Gasteiger partial charge in [-0.2, -0.15) is 0 Å². The number of ether oxygens (including phenoxy) is 1. The molecular weight excluding hydrogens is 299 g/mol. The highest BCUT2D eigenvalue weighted by Gasteiger charge is 2.34. The predicted octanol–water partition coefficient (Wildman–Crippen LogP) is 3.70. The van der Waals surface area contributed by atoms with Crippen molar-refractivity contribution in [3.63, 3.8) is 0 Å². The molecule has 0 saturated carbocycles. The Morgan fingerprint density at radius 2 is 2.00 bits per heavy atom. The Morgan fingerprint density at radius 3 is 2.44 bits per heavy atom. The van der Waals surface area contributed by atoms with E-state index < -0.39 is 11.7 Å². The zero-order valence-corrected chi connectivity index (χ0v) is 12.6. The van der Waals surface area contributed by atoms with Gasteiger partial charge >= 0.3 is 0 Å². The Balaban J connectivity index is 2.85. The molecule has 2 nitrogen and oxygen atoms in total. The fourth-order valence-corrected chi connectivity index (χ4v) is 2.65. The van der Waals surface area contributed by atoms with Crippen molar-refractivity contribution in [1.29, 1.82) is 0 Å². The van der Waals surface area contributed by atoms with E-state index in [2.05, 4.69) is 15.9 Å². The largest absolute Gasteiger partial charge is 0.390 e. The number of aliphatic hydroxyl groups is 1. The van der Waals surface area contributed by atoms with E-state index in [4.69, 9.17) is 4.74 Å². The molecule has 0 radical (unpaired) electrons. The molecule has 0 heterocycles. The van der Waals surface area contributed by atoms with Crippen molar-refractivity contribution in [2.24, 2.45) is 0 Å². The van der Waals surface area contributed by atoms with Crippen LogP contribution < -0.4 is 0 Å². The van der Waals surface area contributed by atoms with Crippen molar-refractivity contribution in [3.05, 3.63) is 34.1 Å². The van der Waals surface area contributed by atoms with Crippen molar-refractivity contribution in [3.8, 4) is 0 Å². The molecule has 0 aromatic heterocycles. The molecule has 1 rings (SSSR count). The van der Waals surface area contributed by atoms with Gasteiger partial charge in [-0.1, -0.05) is 19.9 Å². The average molecular weight is 319 g/mol. The molecule has 1 N–H and O–H groups in total. The number of benzene rings is 1. The zero-order chi connectivity index (χ0) is 13.8. The Morgan fingerprint density at radius 1 is 1.39 bits per heavy atom. The van der Waals surface area contributed by atoms with Crippen LogP contribution in [0.4, 0.5) is 4.39 Å². The minimum atomic E-state index is -0.602. The number of methoxy groups -OCH3 is 1. The van der Waals surface area contributed by atoms with Crippen LogP contribution in [0.5, 0.6) is 0 Å². The molecule has 1 aromatic rings. The summed E-state index contributed by atoms with van der Waals surface area (Å²) in [4.78, 5) is 0. The van der Waals surface area contributed by atoms with Crippen LogP contribution in [0.2, 0.25) is 0 Å². The first-order chi connectivity index (χ1) is 8.49. The van der Waals surface area contributed by atoms with E-state index in [-0.39, 0.29) is 5.82 Å². The first-order valence-corrected chi connectivity index (χ1v) is 6.95. The Bertz CT molecular complexity index is 383. The van der Waals surface area contributed by atoms with Crippen molar-refractivity contribution in [2.45, 2.75) is 44.8 Å². The molecule has 0 aliphatic rings. The molecule has 0 saturated heterocycles. The number of halogens is 2. The monoisotopic (exact) mass is 318 g/mol. The summed E-state index contributed by atoms with van der Waals surface area (Å²) in [6.45, 7) is 3.99. The Kier molecular flexibility index (Phi) is 5.76. The van der Waals surface area contributed by atoms with Crippen molar-refractivity contribution in [1.82, 2.24) is 0 Å². The molecule has 1 aromatic carbocycles. The van der Waals surface area contributed by atoms with Gasteiger partial charge in [-0.15, -0.1) is 0 Å². The molecule has 0 amide bonds. The summed E-state index contributed by atoms with van der Waals surface area (Å²) >= 11 is 3.15. The van der Waals surface area contributed by atoms with E-state index >= 15 is 0 Å². The molecule has 1 atom stereocenters. The lowest BCUT2D eigenvalue weighted by atomic mass is 9.86. The second kappa shape index (κ2) is 6.64. The van der Waals surface area contributed by atoms with Crippen LogP contribution in [0.25, 0.3) is 0 Å². The van der Waals surface area contributed by atoms with Crippen molar-refractivity contribution >= 4 is 15.9 Å². The smallest absolute Gasteiger partial charge is 0.137 e. The average Bonchev–Trinajstić information content (AvgIpc) is 2.37. The van der Waals surface area contributed by atoms with Gasteiger partial charge < -0.3 is 9.84 Å². The summed E-state index contributed by atoms with van der Waals surface area (Å²) < 4.78 is 19.0. The second-order valence-electron chi connectivity index (χ2n) is 4.44. The molecule has 0 aliphatic carbocycles.